The van der Waals surface area contributed by atoms with E-state index in [0.29, 0.717) is 0 Å². The smallest absolute Gasteiger partial charge is 0.122 e. The molecule has 1 aromatic carbocycles. The van der Waals surface area contributed by atoms with Crippen molar-refractivity contribution >= 4 is 53.1 Å². The summed E-state index contributed by atoms with van der Waals surface area (Å²) < 4.78 is 0. The van der Waals surface area contributed by atoms with Gasteiger partial charge in [0.1, 0.15) is 5.84 Å². The second-order valence-corrected chi connectivity index (χ2v) is 9.25. The summed E-state index contributed by atoms with van der Waals surface area (Å²) in [6.07, 6.45) is 0. The molecule has 0 radical (unpaired) electrons. The summed E-state index contributed by atoms with van der Waals surface area (Å²) in [5, 5.41) is 8.72. The van der Waals surface area contributed by atoms with Gasteiger partial charge in [0.25, 0.3) is 0 Å². The predicted molar refractivity (Wildman–Crippen MR) is 81.1 cm³/mol. The molecule has 0 saturated heterocycles. The zero-order valence-electron chi connectivity index (χ0n) is 9.70. The van der Waals surface area contributed by atoms with Gasteiger partial charge in [-0.2, -0.15) is 0 Å². The molecule has 0 heterocycles. The number of rotatable bonds is 2. The third kappa shape index (κ3) is 5.89. The molecule has 0 aliphatic carbocycles. The number of nitrogen functional groups attached to an aromatic ring is 1. The molecule has 0 saturated carbocycles. The fourth-order valence-corrected chi connectivity index (χ4v) is 2.99. The largest absolute Gasteiger partial charge is 0.384 e. The van der Waals surface area contributed by atoms with Crippen LogP contribution in [-0.2, 0) is 26.2 Å². The maximum Gasteiger partial charge on any atom is 0.122 e. The van der Waals surface area contributed by atoms with E-state index in [1.165, 1.54) is 5.19 Å². The van der Waals surface area contributed by atoms with E-state index in [1.807, 2.05) is 18.2 Å². The van der Waals surface area contributed by atoms with E-state index in [4.69, 9.17) is 11.1 Å². The summed E-state index contributed by atoms with van der Waals surface area (Å²) in [6, 6.07) is 7.96. The van der Waals surface area contributed by atoms with Crippen molar-refractivity contribution in [1.82, 2.24) is 0 Å². The zero-order chi connectivity index (χ0) is 10.1. The number of hydrogen-bond donors (Lipinski definition) is 2. The van der Waals surface area contributed by atoms with Crippen LogP contribution in [0.15, 0.2) is 24.3 Å². The quantitative estimate of drug-likeness (QED) is 0.411. The first-order valence-corrected chi connectivity index (χ1v) is 7.87. The molecule has 0 aliphatic heterocycles. The standard InChI is InChI=1S/C10H16N2Si.2BrH.Zr/c1-13(2,3)9-7-5-4-6-8(9)10(11)12;;;/h4-7H,1-3H3,(H3,11,12);2*1H;. The molecule has 0 aromatic heterocycles. The molecule has 0 amide bonds. The van der Waals surface area contributed by atoms with Crippen molar-refractivity contribution in [2.24, 2.45) is 5.73 Å². The van der Waals surface area contributed by atoms with Crippen molar-refractivity contribution in [1.29, 1.82) is 5.41 Å². The molecule has 3 N–H and O–H groups in total. The first-order chi connectivity index (χ1) is 5.93. The van der Waals surface area contributed by atoms with Gasteiger partial charge >= 0.3 is 0 Å². The summed E-state index contributed by atoms with van der Waals surface area (Å²) in [6.45, 7) is 6.78. The molecule has 1 rings (SSSR count). The van der Waals surface area contributed by atoms with Gasteiger partial charge in [-0.1, -0.05) is 43.9 Å². The number of halogens is 2. The molecule has 0 bridgehead atoms. The number of nitrogens with one attached hydrogen (secondary N) is 1. The van der Waals surface area contributed by atoms with Crippen LogP contribution in [0.3, 0.4) is 0 Å². The summed E-state index contributed by atoms with van der Waals surface area (Å²) in [5.41, 5.74) is 6.42. The van der Waals surface area contributed by atoms with Crippen molar-refractivity contribution in [3.63, 3.8) is 0 Å². The summed E-state index contributed by atoms with van der Waals surface area (Å²) >= 11 is 0. The third-order valence-corrected chi connectivity index (χ3v) is 4.08. The molecule has 16 heavy (non-hydrogen) atoms. The van der Waals surface area contributed by atoms with Gasteiger partial charge in [-0.3, -0.25) is 5.41 Å². The minimum Gasteiger partial charge on any atom is -0.384 e. The monoisotopic (exact) mass is 442 g/mol. The molecule has 2 nitrogen and oxygen atoms in total. The summed E-state index contributed by atoms with van der Waals surface area (Å²) in [5.74, 6) is 0.179. The minimum absolute atomic E-state index is 0. The first kappa shape index (κ1) is 22.0. The first-order valence-electron chi connectivity index (χ1n) is 4.37. The normalized spacial score (nSPS) is 9.19. The van der Waals surface area contributed by atoms with Gasteiger partial charge < -0.3 is 5.73 Å². The molecular weight excluding hydrogens is 427 g/mol. The van der Waals surface area contributed by atoms with E-state index < -0.39 is 8.07 Å². The molecule has 0 unspecified atom stereocenters. The second-order valence-electron chi connectivity index (χ2n) is 4.21. The summed E-state index contributed by atoms with van der Waals surface area (Å²) in [4.78, 5) is 0. The van der Waals surface area contributed by atoms with Gasteiger partial charge in [-0.05, 0) is 5.19 Å². The predicted octanol–water partition coefficient (Wildman–Crippen LogP) is 2.67. The Hall–Kier alpha value is 0.750. The molecular formula is C10H18Br2N2SiZr. The Morgan fingerprint density at radius 2 is 1.56 bits per heavy atom. The Morgan fingerprint density at radius 3 is 1.88 bits per heavy atom. The van der Waals surface area contributed by atoms with Crippen molar-refractivity contribution < 1.29 is 26.2 Å². The van der Waals surface area contributed by atoms with Crippen molar-refractivity contribution in [2.45, 2.75) is 19.6 Å². The van der Waals surface area contributed by atoms with E-state index in [2.05, 4.69) is 25.7 Å². The van der Waals surface area contributed by atoms with Crippen LogP contribution in [0.1, 0.15) is 5.56 Å². The topological polar surface area (TPSA) is 49.9 Å². The minimum atomic E-state index is -1.36. The number of amidine groups is 1. The van der Waals surface area contributed by atoms with Crippen LogP contribution in [0.4, 0.5) is 0 Å². The summed E-state index contributed by atoms with van der Waals surface area (Å²) in [7, 11) is -1.36. The average Bonchev–Trinajstić information content (AvgIpc) is 2.03. The molecule has 1 aromatic rings. The SMILES string of the molecule is Br.Br.C[Si](C)(C)c1ccccc1C(=N)N.[Zr]. The number of hydrogen-bond acceptors (Lipinski definition) is 1. The van der Waals surface area contributed by atoms with E-state index in [9.17, 15) is 0 Å². The molecule has 0 fully saturated rings. The molecule has 0 spiro atoms. The molecule has 90 valence electrons. The Labute approximate surface area is 139 Å². The van der Waals surface area contributed by atoms with E-state index >= 15 is 0 Å². The van der Waals surface area contributed by atoms with Gasteiger partial charge in [0, 0.05) is 31.8 Å². The Kier molecular flexibility index (Phi) is 12.1. The van der Waals surface area contributed by atoms with E-state index in [1.54, 1.807) is 0 Å². The maximum absolute atomic E-state index is 7.46. The van der Waals surface area contributed by atoms with Crippen LogP contribution in [0.2, 0.25) is 19.6 Å². The van der Waals surface area contributed by atoms with Crippen molar-refractivity contribution in [3.05, 3.63) is 29.8 Å². The fraction of sp³-hybridized carbons (Fsp3) is 0.300. The average molecular weight is 445 g/mol. The van der Waals surface area contributed by atoms with Gasteiger partial charge in [0.15, 0.2) is 0 Å². The Morgan fingerprint density at radius 1 is 1.12 bits per heavy atom. The zero-order valence-corrected chi connectivity index (χ0v) is 16.6. The maximum atomic E-state index is 7.46. The molecule has 0 atom stereocenters. The van der Waals surface area contributed by atoms with Crippen molar-refractivity contribution in [3.8, 4) is 0 Å². The van der Waals surface area contributed by atoms with Crippen LogP contribution in [0.25, 0.3) is 0 Å². The Balaban J connectivity index is -0.000000563. The molecule has 0 aliphatic rings. The van der Waals surface area contributed by atoms with Crippen LogP contribution >= 0.6 is 34.0 Å². The Bertz CT molecular complexity index is 340. The van der Waals surface area contributed by atoms with E-state index in [0.717, 1.165) is 5.56 Å². The van der Waals surface area contributed by atoms with Crippen LogP contribution in [0, 0.1) is 5.41 Å². The third-order valence-electron chi connectivity index (χ3n) is 2.03. The molecule has 6 heteroatoms. The van der Waals surface area contributed by atoms with Gasteiger partial charge in [-0.15, -0.1) is 34.0 Å². The van der Waals surface area contributed by atoms with Gasteiger partial charge in [0.05, 0.1) is 8.07 Å². The van der Waals surface area contributed by atoms with Crippen LogP contribution in [0.5, 0.6) is 0 Å². The second kappa shape index (κ2) is 8.78. The van der Waals surface area contributed by atoms with Crippen LogP contribution in [-0.4, -0.2) is 13.9 Å². The fourth-order valence-electron chi connectivity index (χ4n) is 1.37. The number of nitrogens with two attached hydrogens (primary N) is 1. The van der Waals surface area contributed by atoms with E-state index in [-0.39, 0.29) is 66.0 Å². The van der Waals surface area contributed by atoms with Gasteiger partial charge in [-0.25, -0.2) is 0 Å². The number of benzene rings is 1. The van der Waals surface area contributed by atoms with Gasteiger partial charge in [0.2, 0.25) is 0 Å². The van der Waals surface area contributed by atoms with Crippen molar-refractivity contribution in [2.75, 3.05) is 0 Å². The van der Waals surface area contributed by atoms with Crippen LogP contribution < -0.4 is 10.9 Å².